The fraction of sp³-hybridized carbons (Fsp3) is 0.667. The minimum Gasteiger partial charge on any atom is -0.396 e. The lowest BCUT2D eigenvalue weighted by atomic mass is 9.93. The van der Waals surface area contributed by atoms with Crippen molar-refractivity contribution in [3.63, 3.8) is 0 Å². The van der Waals surface area contributed by atoms with Crippen molar-refractivity contribution >= 4 is 6.03 Å². The van der Waals surface area contributed by atoms with E-state index >= 15 is 0 Å². The van der Waals surface area contributed by atoms with E-state index in [4.69, 9.17) is 0 Å². The van der Waals surface area contributed by atoms with Gasteiger partial charge in [0.05, 0.1) is 5.54 Å². The number of nitrogens with one attached hydrogen (secondary N) is 1. The number of benzene rings is 1. The van der Waals surface area contributed by atoms with Crippen LogP contribution in [0.15, 0.2) is 24.3 Å². The third-order valence-corrected chi connectivity index (χ3v) is 5.74. The Morgan fingerprint density at radius 2 is 1.92 bits per heavy atom. The number of urea groups is 1. The first-order valence-corrected chi connectivity index (χ1v) is 9.88. The maximum absolute atomic E-state index is 12.9. The van der Waals surface area contributed by atoms with E-state index in [1.54, 1.807) is 0 Å². The van der Waals surface area contributed by atoms with Crippen LogP contribution in [0.2, 0.25) is 0 Å². The molecular weight excluding hydrogens is 326 g/mol. The van der Waals surface area contributed by atoms with Crippen molar-refractivity contribution in [3.8, 4) is 0 Å². The summed E-state index contributed by atoms with van der Waals surface area (Å²) in [5, 5.41) is 12.6. The molecule has 1 saturated heterocycles. The molecule has 1 unspecified atom stereocenters. The largest absolute Gasteiger partial charge is 0.396 e. The Morgan fingerprint density at radius 1 is 1.23 bits per heavy atom. The Bertz CT molecular complexity index is 610. The van der Waals surface area contributed by atoms with Crippen LogP contribution in [0.1, 0.15) is 44.2 Å². The lowest BCUT2D eigenvalue weighted by Gasteiger charge is -2.42. The lowest BCUT2D eigenvalue weighted by molar-refractivity contribution is 0.0682. The molecule has 26 heavy (non-hydrogen) atoms. The van der Waals surface area contributed by atoms with Crippen molar-refractivity contribution in [1.29, 1.82) is 0 Å². The van der Waals surface area contributed by atoms with Gasteiger partial charge in [0.2, 0.25) is 0 Å². The van der Waals surface area contributed by atoms with Gasteiger partial charge in [0.1, 0.15) is 0 Å². The summed E-state index contributed by atoms with van der Waals surface area (Å²) < 4.78 is 0. The quantitative estimate of drug-likeness (QED) is 0.821. The van der Waals surface area contributed by atoms with E-state index < -0.39 is 5.54 Å². The molecule has 1 aromatic rings. The summed E-state index contributed by atoms with van der Waals surface area (Å²) in [6.45, 7) is 9.81. The van der Waals surface area contributed by atoms with Crippen LogP contribution in [-0.4, -0.2) is 59.8 Å². The minimum atomic E-state index is -0.414. The van der Waals surface area contributed by atoms with Crippen molar-refractivity contribution < 1.29 is 9.90 Å². The Balaban J connectivity index is 1.60. The summed E-state index contributed by atoms with van der Waals surface area (Å²) in [6, 6.07) is 8.58. The Kier molecular flexibility index (Phi) is 5.88. The van der Waals surface area contributed by atoms with Crippen molar-refractivity contribution in [1.82, 2.24) is 15.1 Å². The van der Waals surface area contributed by atoms with E-state index in [0.717, 1.165) is 37.5 Å². The number of amides is 2. The monoisotopic (exact) mass is 359 g/mol. The van der Waals surface area contributed by atoms with Gasteiger partial charge in [0, 0.05) is 38.8 Å². The van der Waals surface area contributed by atoms with Gasteiger partial charge in [-0.25, -0.2) is 4.79 Å². The predicted octanol–water partition coefficient (Wildman–Crippen LogP) is 2.72. The highest BCUT2D eigenvalue weighted by Crippen LogP contribution is 2.31. The number of aryl methyl sites for hydroxylation is 1. The average molecular weight is 360 g/mol. The molecule has 1 atom stereocenters. The molecule has 3 rings (SSSR count). The SMILES string of the molecule is Cc1ccc(C(C)(C)NC(=O)N2CCN(CC3CC3)C(CCO)C2)cc1. The van der Waals surface area contributed by atoms with E-state index in [9.17, 15) is 9.90 Å². The number of nitrogens with zero attached hydrogens (tertiary/aromatic N) is 2. The molecule has 1 aliphatic heterocycles. The fourth-order valence-corrected chi connectivity index (χ4v) is 3.76. The molecule has 1 aliphatic carbocycles. The molecule has 2 N–H and O–H groups in total. The van der Waals surface area contributed by atoms with Gasteiger partial charge in [-0.2, -0.15) is 0 Å². The van der Waals surface area contributed by atoms with Gasteiger partial charge >= 0.3 is 6.03 Å². The van der Waals surface area contributed by atoms with Crippen LogP contribution in [0.3, 0.4) is 0 Å². The van der Waals surface area contributed by atoms with E-state index in [2.05, 4.69) is 41.4 Å². The second kappa shape index (κ2) is 7.97. The summed E-state index contributed by atoms with van der Waals surface area (Å²) in [5.74, 6) is 0.831. The predicted molar refractivity (Wildman–Crippen MR) is 104 cm³/mol. The molecule has 1 heterocycles. The molecule has 2 aliphatic rings. The number of hydrogen-bond acceptors (Lipinski definition) is 3. The zero-order valence-electron chi connectivity index (χ0n) is 16.4. The fourth-order valence-electron chi connectivity index (χ4n) is 3.76. The van der Waals surface area contributed by atoms with Crippen LogP contribution in [0.4, 0.5) is 4.79 Å². The first kappa shape index (κ1) is 19.2. The van der Waals surface area contributed by atoms with E-state index in [1.807, 2.05) is 18.7 Å². The molecule has 5 nitrogen and oxygen atoms in total. The summed E-state index contributed by atoms with van der Waals surface area (Å²) in [4.78, 5) is 17.3. The molecule has 0 spiro atoms. The van der Waals surface area contributed by atoms with Gasteiger partial charge in [0.25, 0.3) is 0 Å². The van der Waals surface area contributed by atoms with Crippen molar-refractivity contribution in [2.75, 3.05) is 32.8 Å². The van der Waals surface area contributed by atoms with E-state index in [1.165, 1.54) is 18.4 Å². The van der Waals surface area contributed by atoms with Crippen molar-refractivity contribution in [2.45, 2.75) is 51.6 Å². The van der Waals surface area contributed by atoms with Crippen LogP contribution in [0, 0.1) is 12.8 Å². The van der Waals surface area contributed by atoms with Gasteiger partial charge in [-0.3, -0.25) is 4.90 Å². The zero-order valence-corrected chi connectivity index (χ0v) is 16.4. The molecular formula is C21H33N3O2. The zero-order chi connectivity index (χ0) is 18.7. The normalized spacial score (nSPS) is 21.7. The highest BCUT2D eigenvalue weighted by atomic mass is 16.3. The number of rotatable bonds is 6. The number of piperazine rings is 1. The van der Waals surface area contributed by atoms with Crippen LogP contribution in [0.5, 0.6) is 0 Å². The maximum atomic E-state index is 12.9. The van der Waals surface area contributed by atoms with Crippen LogP contribution in [0.25, 0.3) is 0 Å². The van der Waals surface area contributed by atoms with Crippen molar-refractivity contribution in [2.24, 2.45) is 5.92 Å². The summed E-state index contributed by atoms with van der Waals surface area (Å²) in [5.41, 5.74) is 1.91. The smallest absolute Gasteiger partial charge is 0.318 e. The highest BCUT2D eigenvalue weighted by Gasteiger charge is 2.34. The van der Waals surface area contributed by atoms with Gasteiger partial charge in [-0.15, -0.1) is 0 Å². The molecule has 1 saturated carbocycles. The third kappa shape index (κ3) is 4.77. The number of aliphatic hydroxyl groups is 1. The summed E-state index contributed by atoms with van der Waals surface area (Å²) in [7, 11) is 0. The van der Waals surface area contributed by atoms with Crippen LogP contribution < -0.4 is 5.32 Å². The molecule has 0 aromatic heterocycles. The molecule has 5 heteroatoms. The van der Waals surface area contributed by atoms with Crippen LogP contribution in [-0.2, 0) is 5.54 Å². The second-order valence-electron chi connectivity index (χ2n) is 8.47. The van der Waals surface area contributed by atoms with Gasteiger partial charge in [-0.1, -0.05) is 29.8 Å². The topological polar surface area (TPSA) is 55.8 Å². The van der Waals surface area contributed by atoms with E-state index in [0.29, 0.717) is 6.54 Å². The lowest BCUT2D eigenvalue weighted by Crippen LogP contribution is -2.59. The number of aliphatic hydroxyl groups excluding tert-OH is 1. The first-order chi connectivity index (χ1) is 12.4. The standard InChI is InChI=1S/C21H33N3O2/c1-16-4-8-18(9-5-16)21(2,3)22-20(26)24-12-11-23(14-17-6-7-17)19(15-24)10-13-25/h4-5,8-9,17,19,25H,6-7,10-15H2,1-3H3,(H,22,26). The summed E-state index contributed by atoms with van der Waals surface area (Å²) >= 11 is 0. The van der Waals surface area contributed by atoms with Gasteiger partial charge in [0.15, 0.2) is 0 Å². The molecule has 2 amide bonds. The van der Waals surface area contributed by atoms with Crippen LogP contribution >= 0.6 is 0 Å². The molecule has 1 aromatic carbocycles. The third-order valence-electron chi connectivity index (χ3n) is 5.74. The van der Waals surface area contributed by atoms with E-state index in [-0.39, 0.29) is 18.7 Å². The second-order valence-corrected chi connectivity index (χ2v) is 8.47. The summed E-state index contributed by atoms with van der Waals surface area (Å²) in [6.07, 6.45) is 3.40. The molecule has 0 radical (unpaired) electrons. The average Bonchev–Trinajstić information content (AvgIpc) is 3.40. The molecule has 144 valence electrons. The first-order valence-electron chi connectivity index (χ1n) is 9.88. The highest BCUT2D eigenvalue weighted by molar-refractivity contribution is 5.75. The van der Waals surface area contributed by atoms with Gasteiger partial charge in [-0.05, 0) is 51.5 Å². The molecule has 0 bridgehead atoms. The van der Waals surface area contributed by atoms with Crippen molar-refractivity contribution in [3.05, 3.63) is 35.4 Å². The Labute approximate surface area is 157 Å². The number of carbonyl (C=O) groups is 1. The Hall–Kier alpha value is -1.59. The number of hydrogen-bond donors (Lipinski definition) is 2. The minimum absolute atomic E-state index is 0.00964. The molecule has 2 fully saturated rings. The number of carbonyl (C=O) groups excluding carboxylic acids is 1. The van der Waals surface area contributed by atoms with Gasteiger partial charge < -0.3 is 15.3 Å². The maximum Gasteiger partial charge on any atom is 0.318 e. The Morgan fingerprint density at radius 3 is 2.54 bits per heavy atom.